The highest BCUT2D eigenvalue weighted by Crippen LogP contribution is 2.11. The van der Waals surface area contributed by atoms with Crippen LogP contribution < -0.4 is 5.32 Å². The normalized spacial score (nSPS) is 9.31. The van der Waals surface area contributed by atoms with Crippen LogP contribution >= 0.6 is 0 Å². The van der Waals surface area contributed by atoms with Crippen LogP contribution in [0.25, 0.3) is 0 Å². The molecule has 7 nitrogen and oxygen atoms in total. The third-order valence-corrected chi connectivity index (χ3v) is 2.96. The molecule has 0 fully saturated rings. The standard InChI is InChI=1S/C16H15NO4.C3H7NO/c18-14-8-4-7-13(9-14)16(20)21-11-15(19)17-10-12-5-2-1-3-6-12;1-4(2)3-5/h1-9,18H,10-11H2,(H,17,19);3H,1-2H3. The Hall–Kier alpha value is -3.35. The number of phenolic OH excluding ortho intramolecular Hbond substituents is 1. The Morgan fingerprint density at radius 2 is 1.77 bits per heavy atom. The van der Waals surface area contributed by atoms with Crippen molar-refractivity contribution in [3.05, 3.63) is 65.7 Å². The van der Waals surface area contributed by atoms with Crippen LogP contribution in [0.1, 0.15) is 15.9 Å². The van der Waals surface area contributed by atoms with Crippen LogP contribution in [-0.4, -0.2) is 49.0 Å². The van der Waals surface area contributed by atoms with Crippen molar-refractivity contribution in [1.82, 2.24) is 10.2 Å². The van der Waals surface area contributed by atoms with Crippen LogP contribution in [0.5, 0.6) is 5.75 Å². The maximum absolute atomic E-state index is 11.7. The summed E-state index contributed by atoms with van der Waals surface area (Å²) in [5, 5.41) is 11.9. The largest absolute Gasteiger partial charge is 0.508 e. The van der Waals surface area contributed by atoms with Crippen molar-refractivity contribution in [2.75, 3.05) is 20.7 Å². The zero-order valence-corrected chi connectivity index (χ0v) is 14.7. The molecule has 2 aromatic rings. The van der Waals surface area contributed by atoms with E-state index in [1.54, 1.807) is 14.1 Å². The second-order valence-corrected chi connectivity index (χ2v) is 5.46. The molecule has 0 aliphatic rings. The SMILES string of the molecule is CN(C)C=O.O=C(COC(=O)c1cccc(O)c1)NCc1ccccc1. The van der Waals surface area contributed by atoms with Gasteiger partial charge in [0.1, 0.15) is 5.75 Å². The molecule has 0 atom stereocenters. The van der Waals surface area contributed by atoms with Gasteiger partial charge >= 0.3 is 5.97 Å². The Balaban J connectivity index is 0.000000597. The predicted molar refractivity (Wildman–Crippen MR) is 96.4 cm³/mol. The van der Waals surface area contributed by atoms with E-state index in [1.165, 1.54) is 29.2 Å². The summed E-state index contributed by atoms with van der Waals surface area (Å²) in [6.45, 7) is 0.0185. The van der Waals surface area contributed by atoms with Crippen molar-refractivity contribution in [2.45, 2.75) is 6.54 Å². The Bertz CT molecular complexity index is 717. The Morgan fingerprint density at radius 3 is 2.35 bits per heavy atom. The topological polar surface area (TPSA) is 95.9 Å². The molecule has 0 radical (unpaired) electrons. The summed E-state index contributed by atoms with van der Waals surface area (Å²) in [5.74, 6) is -1.06. The summed E-state index contributed by atoms with van der Waals surface area (Å²) in [6.07, 6.45) is 0.750. The predicted octanol–water partition coefficient (Wildman–Crippen LogP) is 1.57. The molecular weight excluding hydrogens is 336 g/mol. The summed E-state index contributed by atoms with van der Waals surface area (Å²) in [4.78, 5) is 34.1. The number of carbonyl (C=O) groups is 3. The maximum atomic E-state index is 11.7. The molecule has 0 aliphatic heterocycles. The number of rotatable bonds is 6. The zero-order chi connectivity index (χ0) is 19.4. The summed E-state index contributed by atoms with van der Waals surface area (Å²) in [7, 11) is 3.38. The molecule has 138 valence electrons. The zero-order valence-electron chi connectivity index (χ0n) is 14.7. The molecule has 0 bridgehead atoms. The maximum Gasteiger partial charge on any atom is 0.338 e. The fourth-order valence-electron chi connectivity index (χ4n) is 1.69. The van der Waals surface area contributed by atoms with E-state index in [2.05, 4.69) is 5.32 Å². The van der Waals surface area contributed by atoms with E-state index < -0.39 is 5.97 Å². The van der Waals surface area contributed by atoms with E-state index in [0.29, 0.717) is 6.54 Å². The van der Waals surface area contributed by atoms with E-state index >= 15 is 0 Å². The number of esters is 1. The first kappa shape index (κ1) is 20.7. The van der Waals surface area contributed by atoms with Gasteiger partial charge in [0.2, 0.25) is 6.41 Å². The van der Waals surface area contributed by atoms with Crippen molar-refractivity contribution in [1.29, 1.82) is 0 Å². The number of amides is 2. The number of ether oxygens (including phenoxy) is 1. The van der Waals surface area contributed by atoms with Crippen LogP contribution in [0.4, 0.5) is 0 Å². The number of carbonyl (C=O) groups excluding carboxylic acids is 3. The lowest BCUT2D eigenvalue weighted by Gasteiger charge is -2.07. The molecule has 26 heavy (non-hydrogen) atoms. The molecule has 7 heteroatoms. The number of nitrogens with zero attached hydrogens (tertiary/aromatic N) is 1. The smallest absolute Gasteiger partial charge is 0.338 e. The average molecular weight is 358 g/mol. The van der Waals surface area contributed by atoms with Gasteiger partial charge < -0.3 is 20.1 Å². The van der Waals surface area contributed by atoms with Gasteiger partial charge in [-0.25, -0.2) is 4.79 Å². The first-order valence-corrected chi connectivity index (χ1v) is 7.81. The van der Waals surface area contributed by atoms with E-state index in [9.17, 15) is 19.5 Å². The number of phenols is 1. The van der Waals surface area contributed by atoms with Crippen molar-refractivity contribution in [3.8, 4) is 5.75 Å². The molecule has 2 amide bonds. The lowest BCUT2D eigenvalue weighted by Crippen LogP contribution is -2.28. The second-order valence-electron chi connectivity index (χ2n) is 5.46. The monoisotopic (exact) mass is 358 g/mol. The lowest BCUT2D eigenvalue weighted by atomic mass is 10.2. The minimum absolute atomic E-state index is 0.0296. The molecule has 0 aromatic heterocycles. The van der Waals surface area contributed by atoms with Crippen LogP contribution in [0.3, 0.4) is 0 Å². The van der Waals surface area contributed by atoms with E-state index in [4.69, 9.17) is 4.74 Å². The highest BCUT2D eigenvalue weighted by atomic mass is 16.5. The van der Waals surface area contributed by atoms with Crippen molar-refractivity contribution in [3.63, 3.8) is 0 Å². The summed E-state index contributed by atoms with van der Waals surface area (Å²) in [6, 6.07) is 15.2. The van der Waals surface area contributed by atoms with E-state index in [1.807, 2.05) is 30.3 Å². The summed E-state index contributed by atoms with van der Waals surface area (Å²) in [5.41, 5.74) is 1.16. The molecule has 0 spiro atoms. The fraction of sp³-hybridized carbons (Fsp3) is 0.211. The first-order chi connectivity index (χ1) is 12.4. The van der Waals surface area contributed by atoms with Crippen LogP contribution in [-0.2, 0) is 20.9 Å². The quantitative estimate of drug-likeness (QED) is 0.604. The van der Waals surface area contributed by atoms with E-state index in [-0.39, 0.29) is 23.8 Å². The number of nitrogens with one attached hydrogen (secondary N) is 1. The minimum Gasteiger partial charge on any atom is -0.508 e. The van der Waals surface area contributed by atoms with Gasteiger partial charge in [-0.15, -0.1) is 0 Å². The van der Waals surface area contributed by atoms with Gasteiger partial charge in [0, 0.05) is 20.6 Å². The third-order valence-electron chi connectivity index (χ3n) is 2.96. The molecule has 0 unspecified atom stereocenters. The van der Waals surface area contributed by atoms with Crippen LogP contribution in [0.15, 0.2) is 54.6 Å². The van der Waals surface area contributed by atoms with Gasteiger partial charge in [-0.3, -0.25) is 9.59 Å². The molecule has 0 saturated carbocycles. The van der Waals surface area contributed by atoms with Gasteiger partial charge in [-0.1, -0.05) is 36.4 Å². The van der Waals surface area contributed by atoms with Crippen LogP contribution in [0.2, 0.25) is 0 Å². The van der Waals surface area contributed by atoms with Crippen LogP contribution in [0, 0.1) is 0 Å². The second kappa shape index (κ2) is 11.2. The number of aromatic hydroxyl groups is 1. The average Bonchev–Trinajstić information content (AvgIpc) is 2.65. The summed E-state index contributed by atoms with van der Waals surface area (Å²) >= 11 is 0. The van der Waals surface area contributed by atoms with Gasteiger partial charge in [-0.2, -0.15) is 0 Å². The number of hydrogen-bond donors (Lipinski definition) is 2. The van der Waals surface area contributed by atoms with Crippen molar-refractivity contribution < 1.29 is 24.2 Å². The first-order valence-electron chi connectivity index (χ1n) is 7.81. The van der Waals surface area contributed by atoms with Crippen molar-refractivity contribution >= 4 is 18.3 Å². The Morgan fingerprint density at radius 1 is 1.12 bits per heavy atom. The fourth-order valence-corrected chi connectivity index (χ4v) is 1.69. The Kier molecular flexibility index (Phi) is 8.95. The van der Waals surface area contributed by atoms with E-state index in [0.717, 1.165) is 12.0 Å². The third kappa shape index (κ3) is 8.49. The highest BCUT2D eigenvalue weighted by molar-refractivity contribution is 5.91. The highest BCUT2D eigenvalue weighted by Gasteiger charge is 2.10. The molecule has 2 rings (SSSR count). The summed E-state index contributed by atoms with van der Waals surface area (Å²) < 4.78 is 4.87. The Labute approximate surface area is 152 Å². The molecular formula is C19H22N2O5. The number of hydrogen-bond acceptors (Lipinski definition) is 5. The molecule has 0 heterocycles. The lowest BCUT2D eigenvalue weighted by molar-refractivity contribution is -0.124. The minimum atomic E-state index is -0.652. The number of benzene rings is 2. The molecule has 0 aliphatic carbocycles. The molecule has 2 aromatic carbocycles. The van der Waals surface area contributed by atoms with Gasteiger partial charge in [-0.05, 0) is 23.8 Å². The van der Waals surface area contributed by atoms with Gasteiger partial charge in [0.15, 0.2) is 6.61 Å². The van der Waals surface area contributed by atoms with Gasteiger partial charge in [0.05, 0.1) is 5.56 Å². The van der Waals surface area contributed by atoms with Crippen molar-refractivity contribution in [2.24, 2.45) is 0 Å². The molecule has 0 saturated heterocycles. The van der Waals surface area contributed by atoms with Gasteiger partial charge in [0.25, 0.3) is 5.91 Å². The molecule has 2 N–H and O–H groups in total.